The predicted molar refractivity (Wildman–Crippen MR) is 106 cm³/mol. The number of rotatable bonds is 6. The van der Waals surface area contributed by atoms with Gasteiger partial charge in [-0.2, -0.15) is 0 Å². The van der Waals surface area contributed by atoms with Gasteiger partial charge in [0, 0.05) is 12.0 Å². The first-order chi connectivity index (χ1) is 13.3. The van der Waals surface area contributed by atoms with Crippen LogP contribution >= 0.6 is 0 Å². The third kappa shape index (κ3) is 4.53. The Balaban J connectivity index is 1.73. The van der Waals surface area contributed by atoms with Gasteiger partial charge < -0.3 is 14.2 Å². The van der Waals surface area contributed by atoms with Gasteiger partial charge in [-0.1, -0.05) is 51.1 Å². The number of ketones is 1. The third-order valence-electron chi connectivity index (χ3n) is 4.96. The van der Waals surface area contributed by atoms with Crippen molar-refractivity contribution in [3.63, 3.8) is 0 Å². The standard InChI is InChI=1S/C23H26O5/c1-23(2,3)18-8-6-16(7-9-18)19(24)13-17(22(25)26-4)11-15-5-10-20-21(12-15)28-14-27-20/h5-10,12,17H,11,13-14H2,1-4H3. The van der Waals surface area contributed by atoms with Crippen molar-refractivity contribution in [2.75, 3.05) is 13.9 Å². The smallest absolute Gasteiger partial charge is 0.309 e. The zero-order valence-corrected chi connectivity index (χ0v) is 16.8. The minimum Gasteiger partial charge on any atom is -0.469 e. The number of ether oxygens (including phenoxy) is 3. The Labute approximate surface area is 165 Å². The van der Waals surface area contributed by atoms with E-state index in [0.29, 0.717) is 23.5 Å². The average Bonchev–Trinajstić information content (AvgIpc) is 3.14. The van der Waals surface area contributed by atoms with Crippen LogP contribution in [0.15, 0.2) is 42.5 Å². The molecule has 0 bridgehead atoms. The molecular weight excluding hydrogens is 356 g/mol. The molecule has 1 atom stereocenters. The van der Waals surface area contributed by atoms with Crippen molar-refractivity contribution >= 4 is 11.8 Å². The van der Waals surface area contributed by atoms with Crippen molar-refractivity contribution in [3.8, 4) is 11.5 Å². The van der Waals surface area contributed by atoms with Crippen molar-refractivity contribution in [1.82, 2.24) is 0 Å². The van der Waals surface area contributed by atoms with Crippen LogP contribution in [-0.4, -0.2) is 25.7 Å². The number of benzene rings is 2. The van der Waals surface area contributed by atoms with Crippen molar-refractivity contribution in [1.29, 1.82) is 0 Å². The second-order valence-corrected chi connectivity index (χ2v) is 8.07. The van der Waals surface area contributed by atoms with Gasteiger partial charge in [0.25, 0.3) is 0 Å². The summed E-state index contributed by atoms with van der Waals surface area (Å²) in [5, 5.41) is 0. The first kappa shape index (κ1) is 19.9. The lowest BCUT2D eigenvalue weighted by Gasteiger charge is -2.19. The van der Waals surface area contributed by atoms with E-state index in [0.717, 1.165) is 11.1 Å². The molecule has 5 nitrogen and oxygen atoms in total. The zero-order chi connectivity index (χ0) is 20.3. The lowest BCUT2D eigenvalue weighted by atomic mass is 9.86. The van der Waals surface area contributed by atoms with Crippen LogP contribution in [0.25, 0.3) is 0 Å². The van der Waals surface area contributed by atoms with Crippen LogP contribution in [0.4, 0.5) is 0 Å². The molecule has 2 aromatic rings. The molecule has 5 heteroatoms. The van der Waals surface area contributed by atoms with Gasteiger partial charge >= 0.3 is 5.97 Å². The summed E-state index contributed by atoms with van der Waals surface area (Å²) in [6, 6.07) is 13.2. The summed E-state index contributed by atoms with van der Waals surface area (Å²) in [5.74, 6) is 0.327. The molecule has 0 aromatic heterocycles. The van der Waals surface area contributed by atoms with Gasteiger partial charge in [-0.15, -0.1) is 0 Å². The Morgan fingerprint density at radius 1 is 1.04 bits per heavy atom. The minimum absolute atomic E-state index is 0.0233. The molecule has 1 aliphatic rings. The van der Waals surface area contributed by atoms with E-state index in [2.05, 4.69) is 20.8 Å². The van der Waals surface area contributed by atoms with Gasteiger partial charge in [-0.25, -0.2) is 0 Å². The Morgan fingerprint density at radius 2 is 1.71 bits per heavy atom. The minimum atomic E-state index is -0.555. The highest BCUT2D eigenvalue weighted by Crippen LogP contribution is 2.33. The maximum absolute atomic E-state index is 12.8. The Morgan fingerprint density at radius 3 is 2.36 bits per heavy atom. The summed E-state index contributed by atoms with van der Waals surface area (Å²) in [7, 11) is 1.34. The van der Waals surface area contributed by atoms with Gasteiger partial charge in [-0.05, 0) is 35.1 Å². The molecule has 3 rings (SSSR count). The zero-order valence-electron chi connectivity index (χ0n) is 16.8. The maximum Gasteiger partial charge on any atom is 0.309 e. The normalized spacial score (nSPS) is 13.9. The van der Waals surface area contributed by atoms with Gasteiger partial charge in [0.15, 0.2) is 17.3 Å². The van der Waals surface area contributed by atoms with E-state index in [-0.39, 0.29) is 24.4 Å². The summed E-state index contributed by atoms with van der Waals surface area (Å²) >= 11 is 0. The number of carbonyl (C=O) groups is 2. The molecule has 2 aromatic carbocycles. The summed E-state index contributed by atoms with van der Waals surface area (Å²) in [4.78, 5) is 25.0. The molecule has 0 aliphatic carbocycles. The topological polar surface area (TPSA) is 61.8 Å². The first-order valence-electron chi connectivity index (χ1n) is 9.38. The van der Waals surface area contributed by atoms with Crippen LogP contribution in [-0.2, 0) is 21.4 Å². The highest BCUT2D eigenvalue weighted by molar-refractivity contribution is 5.98. The molecule has 1 heterocycles. The molecular formula is C23H26O5. The highest BCUT2D eigenvalue weighted by Gasteiger charge is 2.25. The van der Waals surface area contributed by atoms with E-state index in [1.807, 2.05) is 42.5 Å². The molecule has 0 N–H and O–H groups in total. The first-order valence-corrected chi connectivity index (χ1v) is 9.38. The lowest BCUT2D eigenvalue weighted by molar-refractivity contribution is -0.145. The molecule has 0 saturated heterocycles. The summed E-state index contributed by atoms with van der Waals surface area (Å²) in [6.45, 7) is 6.58. The van der Waals surface area contributed by atoms with Crippen LogP contribution < -0.4 is 9.47 Å². The maximum atomic E-state index is 12.8. The van der Waals surface area contributed by atoms with E-state index < -0.39 is 11.9 Å². The van der Waals surface area contributed by atoms with E-state index in [4.69, 9.17) is 14.2 Å². The molecule has 28 heavy (non-hydrogen) atoms. The van der Waals surface area contributed by atoms with E-state index >= 15 is 0 Å². The molecule has 0 spiro atoms. The number of hydrogen-bond donors (Lipinski definition) is 0. The molecule has 0 radical (unpaired) electrons. The van der Waals surface area contributed by atoms with Crippen LogP contribution in [0.3, 0.4) is 0 Å². The number of esters is 1. The number of methoxy groups -OCH3 is 1. The number of carbonyl (C=O) groups excluding carboxylic acids is 2. The number of hydrogen-bond acceptors (Lipinski definition) is 5. The molecule has 0 amide bonds. The number of Topliss-reactive ketones (excluding diaryl/α,β-unsaturated/α-hetero) is 1. The average molecular weight is 382 g/mol. The lowest BCUT2D eigenvalue weighted by Crippen LogP contribution is -2.22. The molecule has 1 aliphatic heterocycles. The summed E-state index contributed by atoms with van der Waals surface area (Å²) in [5.41, 5.74) is 2.69. The van der Waals surface area contributed by atoms with Crippen LogP contribution in [0, 0.1) is 5.92 Å². The Hall–Kier alpha value is -2.82. The Bertz CT molecular complexity index is 862. The quantitative estimate of drug-likeness (QED) is 0.550. The second-order valence-electron chi connectivity index (χ2n) is 8.07. The Kier molecular flexibility index (Phi) is 5.73. The highest BCUT2D eigenvalue weighted by atomic mass is 16.7. The molecule has 0 fully saturated rings. The fourth-order valence-corrected chi connectivity index (χ4v) is 3.26. The monoisotopic (exact) mass is 382 g/mol. The van der Waals surface area contributed by atoms with E-state index in [9.17, 15) is 9.59 Å². The summed E-state index contributed by atoms with van der Waals surface area (Å²) in [6.07, 6.45) is 0.491. The molecule has 148 valence electrons. The summed E-state index contributed by atoms with van der Waals surface area (Å²) < 4.78 is 15.6. The third-order valence-corrected chi connectivity index (χ3v) is 4.96. The van der Waals surface area contributed by atoms with Gasteiger partial charge in [-0.3, -0.25) is 9.59 Å². The van der Waals surface area contributed by atoms with E-state index in [1.165, 1.54) is 7.11 Å². The van der Waals surface area contributed by atoms with Crippen LogP contribution in [0.1, 0.15) is 48.7 Å². The van der Waals surface area contributed by atoms with Gasteiger partial charge in [0.1, 0.15) is 0 Å². The predicted octanol–water partition coefficient (Wildman–Crippen LogP) is 4.32. The molecule has 0 saturated carbocycles. The van der Waals surface area contributed by atoms with E-state index in [1.54, 1.807) is 0 Å². The van der Waals surface area contributed by atoms with Crippen molar-refractivity contribution in [2.24, 2.45) is 5.92 Å². The van der Waals surface area contributed by atoms with Crippen molar-refractivity contribution < 1.29 is 23.8 Å². The second kappa shape index (κ2) is 8.05. The molecule has 1 unspecified atom stereocenters. The van der Waals surface area contributed by atoms with Crippen LogP contribution in [0.5, 0.6) is 11.5 Å². The van der Waals surface area contributed by atoms with Crippen molar-refractivity contribution in [3.05, 3.63) is 59.2 Å². The van der Waals surface area contributed by atoms with Gasteiger partial charge in [0.2, 0.25) is 6.79 Å². The fraction of sp³-hybridized carbons (Fsp3) is 0.391. The van der Waals surface area contributed by atoms with Crippen molar-refractivity contribution in [2.45, 2.75) is 39.0 Å². The number of fused-ring (bicyclic) bond motifs is 1. The van der Waals surface area contributed by atoms with Gasteiger partial charge in [0.05, 0.1) is 13.0 Å². The largest absolute Gasteiger partial charge is 0.469 e. The fourth-order valence-electron chi connectivity index (χ4n) is 3.26. The SMILES string of the molecule is COC(=O)C(CC(=O)c1ccc(C(C)(C)C)cc1)Cc1ccc2c(c1)OCO2. The van der Waals surface area contributed by atoms with Crippen LogP contribution in [0.2, 0.25) is 0 Å².